The van der Waals surface area contributed by atoms with Gasteiger partial charge in [-0.3, -0.25) is 4.79 Å². The molecule has 0 saturated heterocycles. The maximum absolute atomic E-state index is 10.0. The molecule has 0 aliphatic rings. The monoisotopic (exact) mass is 132 g/mol. The number of carbonyl (C=O) groups is 2. The van der Waals surface area contributed by atoms with Crippen LogP contribution in [-0.2, 0) is 14.3 Å². The van der Waals surface area contributed by atoms with Gasteiger partial charge in [-0.15, -0.1) is 0 Å². The number of carboxylic acid groups (broad SMARTS) is 1. The van der Waals surface area contributed by atoms with E-state index in [0.29, 0.717) is 6.42 Å². The summed E-state index contributed by atoms with van der Waals surface area (Å²) in [5.74, 6) is -1.11. The lowest BCUT2D eigenvalue weighted by Crippen LogP contribution is -2.21. The van der Waals surface area contributed by atoms with Gasteiger partial charge in [-0.05, 0) is 6.42 Å². The van der Waals surface area contributed by atoms with E-state index in [0.717, 1.165) is 0 Å². The van der Waals surface area contributed by atoms with Crippen molar-refractivity contribution in [2.75, 3.05) is 0 Å². The third-order valence-corrected chi connectivity index (χ3v) is 0.866. The number of carboxylic acids is 1. The molecule has 52 valence electrons. The summed E-state index contributed by atoms with van der Waals surface area (Å²) >= 11 is 0. The highest BCUT2D eigenvalue weighted by Crippen LogP contribution is 1.94. The van der Waals surface area contributed by atoms with Crippen LogP contribution in [0.2, 0.25) is 0 Å². The van der Waals surface area contributed by atoms with Crippen molar-refractivity contribution in [1.29, 1.82) is 0 Å². The zero-order valence-electron chi connectivity index (χ0n) is 5.03. The van der Waals surface area contributed by atoms with Gasteiger partial charge in [-0.2, -0.15) is 0 Å². The Labute approximate surface area is 52.4 Å². The molecule has 0 fully saturated rings. The van der Waals surface area contributed by atoms with E-state index in [1.54, 1.807) is 6.92 Å². The summed E-state index contributed by atoms with van der Waals surface area (Å²) in [6.45, 7) is 1.77. The van der Waals surface area contributed by atoms with Gasteiger partial charge in [0.2, 0.25) is 0 Å². The minimum Gasteiger partial charge on any atom is -0.479 e. The van der Waals surface area contributed by atoms with Gasteiger partial charge < -0.3 is 9.84 Å². The summed E-state index contributed by atoms with van der Waals surface area (Å²) < 4.78 is 4.17. The molecule has 0 amide bonds. The van der Waals surface area contributed by atoms with Gasteiger partial charge >= 0.3 is 5.97 Å². The summed E-state index contributed by atoms with van der Waals surface area (Å²) in [7, 11) is 0. The summed E-state index contributed by atoms with van der Waals surface area (Å²) in [6.07, 6.45) is -0.684. The average molecular weight is 132 g/mol. The van der Waals surface area contributed by atoms with Gasteiger partial charge in [0.25, 0.3) is 6.47 Å². The molecule has 4 heteroatoms. The van der Waals surface area contributed by atoms with Gasteiger partial charge in [-0.25, -0.2) is 4.79 Å². The first-order valence-electron chi connectivity index (χ1n) is 2.54. The molecule has 0 spiro atoms. The molecule has 1 unspecified atom stereocenters. The van der Waals surface area contributed by atoms with E-state index >= 15 is 0 Å². The predicted octanol–water partition coefficient (Wildman–Crippen LogP) is 0.0226. The Hall–Kier alpha value is -1.06. The molecular formula is C5H8O4. The Morgan fingerprint density at radius 3 is 2.56 bits per heavy atom. The zero-order valence-corrected chi connectivity index (χ0v) is 5.03. The molecule has 0 aromatic carbocycles. The first kappa shape index (κ1) is 7.94. The van der Waals surface area contributed by atoms with Crippen LogP contribution in [0.1, 0.15) is 13.3 Å². The average Bonchev–Trinajstić information content (AvgIpc) is 1.82. The van der Waals surface area contributed by atoms with E-state index in [4.69, 9.17) is 5.11 Å². The molecule has 0 heterocycles. The maximum atomic E-state index is 10.0. The normalized spacial score (nSPS) is 12.1. The Morgan fingerprint density at radius 1 is 1.89 bits per heavy atom. The van der Waals surface area contributed by atoms with Crippen LogP contribution in [0.4, 0.5) is 0 Å². The lowest BCUT2D eigenvalue weighted by molar-refractivity contribution is -0.156. The molecule has 0 aliphatic heterocycles. The van der Waals surface area contributed by atoms with E-state index in [2.05, 4.69) is 4.74 Å². The van der Waals surface area contributed by atoms with Crippen LogP contribution in [0.3, 0.4) is 0 Å². The van der Waals surface area contributed by atoms with Crippen molar-refractivity contribution in [3.8, 4) is 0 Å². The van der Waals surface area contributed by atoms with Crippen LogP contribution in [0, 0.1) is 0 Å². The van der Waals surface area contributed by atoms with E-state index in [9.17, 15) is 9.59 Å². The van der Waals surface area contributed by atoms with Gasteiger partial charge in [0, 0.05) is 0 Å². The summed E-state index contributed by atoms with van der Waals surface area (Å²) in [5.41, 5.74) is 0. The Balaban J connectivity index is 3.67. The second kappa shape index (κ2) is 3.88. The van der Waals surface area contributed by atoms with Crippen molar-refractivity contribution in [2.45, 2.75) is 19.4 Å². The van der Waals surface area contributed by atoms with Crippen LogP contribution in [0.5, 0.6) is 0 Å². The zero-order chi connectivity index (χ0) is 7.28. The molecule has 0 radical (unpaired) electrons. The lowest BCUT2D eigenvalue weighted by Gasteiger charge is -2.04. The molecule has 1 atom stereocenters. The van der Waals surface area contributed by atoms with Crippen molar-refractivity contribution >= 4 is 12.4 Å². The molecule has 0 aromatic rings. The summed E-state index contributed by atoms with van der Waals surface area (Å²) in [4.78, 5) is 19.6. The highest BCUT2D eigenvalue weighted by molar-refractivity contribution is 5.73. The minimum atomic E-state index is -1.11. The first-order valence-corrected chi connectivity index (χ1v) is 2.54. The third-order valence-electron chi connectivity index (χ3n) is 0.866. The molecule has 1 N–H and O–H groups in total. The highest BCUT2D eigenvalue weighted by Gasteiger charge is 2.14. The van der Waals surface area contributed by atoms with Crippen LogP contribution < -0.4 is 0 Å². The fraction of sp³-hybridized carbons (Fsp3) is 0.600. The van der Waals surface area contributed by atoms with Crippen molar-refractivity contribution in [3.05, 3.63) is 0 Å². The van der Waals surface area contributed by atoms with E-state index in [1.165, 1.54) is 0 Å². The summed E-state index contributed by atoms with van der Waals surface area (Å²) in [6, 6.07) is 0. The fourth-order valence-electron chi connectivity index (χ4n) is 0.396. The third kappa shape index (κ3) is 2.69. The molecule has 0 rings (SSSR count). The van der Waals surface area contributed by atoms with Crippen molar-refractivity contribution < 1.29 is 19.4 Å². The Kier molecular flexibility index (Phi) is 3.43. The fourth-order valence-corrected chi connectivity index (χ4v) is 0.396. The SMILES string of the molecule is CCC(OC=O)C(=O)O. The van der Waals surface area contributed by atoms with Crippen LogP contribution in [0.15, 0.2) is 0 Å². The number of carbonyl (C=O) groups excluding carboxylic acids is 1. The molecule has 4 nitrogen and oxygen atoms in total. The summed E-state index contributed by atoms with van der Waals surface area (Å²) in [5, 5.41) is 8.22. The largest absolute Gasteiger partial charge is 0.479 e. The molecule has 0 bridgehead atoms. The topological polar surface area (TPSA) is 63.6 Å². The smallest absolute Gasteiger partial charge is 0.344 e. The number of aliphatic carboxylic acids is 1. The standard InChI is InChI=1S/C5H8O4/c1-2-4(5(7)8)9-3-6/h3-4H,2H2,1H3,(H,7,8). The quantitative estimate of drug-likeness (QED) is 0.548. The van der Waals surface area contributed by atoms with E-state index in [-0.39, 0.29) is 6.47 Å². The van der Waals surface area contributed by atoms with E-state index < -0.39 is 12.1 Å². The molecule has 9 heavy (non-hydrogen) atoms. The first-order chi connectivity index (χ1) is 4.22. The lowest BCUT2D eigenvalue weighted by atomic mass is 10.3. The van der Waals surface area contributed by atoms with E-state index in [1.807, 2.05) is 0 Å². The van der Waals surface area contributed by atoms with Crippen molar-refractivity contribution in [3.63, 3.8) is 0 Å². The number of ether oxygens (including phenoxy) is 1. The number of hydrogen-bond donors (Lipinski definition) is 1. The van der Waals surface area contributed by atoms with Gasteiger partial charge in [0.05, 0.1) is 0 Å². The molecular weight excluding hydrogens is 124 g/mol. The number of hydrogen-bond acceptors (Lipinski definition) is 3. The molecule has 0 saturated carbocycles. The maximum Gasteiger partial charge on any atom is 0.344 e. The van der Waals surface area contributed by atoms with Crippen LogP contribution >= 0.6 is 0 Å². The van der Waals surface area contributed by atoms with Crippen molar-refractivity contribution in [2.24, 2.45) is 0 Å². The predicted molar refractivity (Wildman–Crippen MR) is 28.9 cm³/mol. The highest BCUT2D eigenvalue weighted by atomic mass is 16.5. The van der Waals surface area contributed by atoms with Gasteiger partial charge in [0.1, 0.15) is 0 Å². The Bertz CT molecular complexity index is 110. The van der Waals surface area contributed by atoms with Crippen molar-refractivity contribution in [1.82, 2.24) is 0 Å². The van der Waals surface area contributed by atoms with Crippen LogP contribution in [0.25, 0.3) is 0 Å². The molecule has 0 aromatic heterocycles. The second-order valence-electron chi connectivity index (χ2n) is 1.47. The minimum absolute atomic E-state index is 0.141. The van der Waals surface area contributed by atoms with Gasteiger partial charge in [0.15, 0.2) is 6.10 Å². The van der Waals surface area contributed by atoms with Crippen LogP contribution in [-0.4, -0.2) is 23.7 Å². The molecule has 0 aliphatic carbocycles. The van der Waals surface area contributed by atoms with Gasteiger partial charge in [-0.1, -0.05) is 6.92 Å². The number of rotatable bonds is 4. The Morgan fingerprint density at radius 2 is 2.44 bits per heavy atom. The second-order valence-corrected chi connectivity index (χ2v) is 1.47.